The lowest BCUT2D eigenvalue weighted by atomic mass is 10.1. The van der Waals surface area contributed by atoms with Crippen molar-refractivity contribution in [1.29, 1.82) is 0 Å². The summed E-state index contributed by atoms with van der Waals surface area (Å²) < 4.78 is 39.9. The van der Waals surface area contributed by atoms with Gasteiger partial charge in [-0.1, -0.05) is 6.58 Å². The minimum Gasteiger partial charge on any atom is -0.478 e. The summed E-state index contributed by atoms with van der Waals surface area (Å²) in [6.45, 7) is 10.9. The van der Waals surface area contributed by atoms with Gasteiger partial charge in [0.1, 0.15) is 6.61 Å². The Hall–Kier alpha value is -1.39. The third kappa shape index (κ3) is 8.23. The number of esters is 1. The summed E-state index contributed by atoms with van der Waals surface area (Å²) in [5.74, 6) is -1.83. The highest BCUT2D eigenvalue weighted by molar-refractivity contribution is 6.65. The topological polar surface area (TPSA) is 119 Å². The average Bonchev–Trinajstić information content (AvgIpc) is 2.75. The van der Waals surface area contributed by atoms with E-state index < -0.39 is 35.1 Å². The molecule has 0 aliphatic carbocycles. The molecule has 1 unspecified atom stereocenters. The Morgan fingerprint density at radius 1 is 0.968 bits per heavy atom. The number of carbonyl (C=O) groups excluding carboxylic acids is 1. The molecule has 0 aromatic rings. The maximum Gasteiger partial charge on any atom is 0.511 e. The van der Waals surface area contributed by atoms with Gasteiger partial charge in [0.25, 0.3) is 0 Å². The molecule has 1 atom stereocenters. The van der Waals surface area contributed by atoms with E-state index in [1.807, 2.05) is 0 Å². The van der Waals surface area contributed by atoms with Gasteiger partial charge in [-0.15, -0.1) is 0 Å². The Morgan fingerprint density at radius 2 is 1.42 bits per heavy atom. The van der Waals surface area contributed by atoms with Crippen LogP contribution in [0.2, 0.25) is 11.6 Å². The van der Waals surface area contributed by atoms with Gasteiger partial charge >= 0.3 is 29.5 Å². The molecule has 180 valence electrons. The summed E-state index contributed by atoms with van der Waals surface area (Å²) in [7, 11) is -2.69. The molecule has 0 aromatic carbocycles. The molecule has 0 radical (unpaired) electrons. The van der Waals surface area contributed by atoms with Crippen molar-refractivity contribution < 1.29 is 46.0 Å². The van der Waals surface area contributed by atoms with Gasteiger partial charge in [-0.05, 0) is 33.3 Å². The molecule has 0 rings (SSSR count). The number of carboxylic acids is 1. The van der Waals surface area contributed by atoms with Crippen molar-refractivity contribution in [3.63, 3.8) is 0 Å². The van der Waals surface area contributed by atoms with E-state index in [2.05, 4.69) is 6.58 Å². The molecule has 0 aliphatic rings. The molecule has 10 nitrogen and oxygen atoms in total. The minimum absolute atomic E-state index is 0.0126. The van der Waals surface area contributed by atoms with Crippen LogP contribution in [0, 0.1) is 0 Å². The van der Waals surface area contributed by atoms with Crippen molar-refractivity contribution in [2.45, 2.75) is 39.3 Å². The van der Waals surface area contributed by atoms with Crippen LogP contribution in [0.5, 0.6) is 0 Å². The fraction of sp³-hybridized carbons (Fsp3) is 0.684. The van der Waals surface area contributed by atoms with Gasteiger partial charge in [0, 0.05) is 58.8 Å². The predicted molar refractivity (Wildman–Crippen MR) is 117 cm³/mol. The highest BCUT2D eigenvalue weighted by atomic mass is 28.4. The predicted octanol–water partition coefficient (Wildman–Crippen LogP) is 2.41. The average molecular weight is 481 g/mol. The maximum absolute atomic E-state index is 12.0. The van der Waals surface area contributed by atoms with Crippen LogP contribution >= 0.6 is 0 Å². The summed E-state index contributed by atoms with van der Waals surface area (Å²) in [6.07, 6.45) is 1.01. The van der Waals surface area contributed by atoms with E-state index in [1.54, 1.807) is 20.8 Å². The van der Waals surface area contributed by atoms with Crippen LogP contribution in [0.25, 0.3) is 0 Å². The Labute approximate surface area is 186 Å². The monoisotopic (exact) mass is 480 g/mol. The molecular weight excluding hydrogens is 444 g/mol. The van der Waals surface area contributed by atoms with Crippen molar-refractivity contribution in [3.8, 4) is 0 Å². The summed E-state index contributed by atoms with van der Waals surface area (Å²) in [6, 6.07) is 0.0296. The number of aliphatic carboxylic acids is 1. The first kappa shape index (κ1) is 29.6. The molecular formula is C19H36O10Si2. The Kier molecular flexibility index (Phi) is 14.0. The molecule has 0 saturated carbocycles. The van der Waals surface area contributed by atoms with E-state index >= 15 is 0 Å². The number of hydrogen-bond acceptors (Lipinski definition) is 9. The lowest BCUT2D eigenvalue weighted by molar-refractivity contribution is -0.137. The van der Waals surface area contributed by atoms with Gasteiger partial charge in [0.05, 0.1) is 5.54 Å². The molecule has 0 saturated heterocycles. The van der Waals surface area contributed by atoms with Crippen LogP contribution in [0.3, 0.4) is 0 Å². The number of carbonyl (C=O) groups is 2. The summed E-state index contributed by atoms with van der Waals surface area (Å²) in [4.78, 5) is 23.8. The van der Waals surface area contributed by atoms with Gasteiger partial charge in [-0.2, -0.15) is 0 Å². The van der Waals surface area contributed by atoms with E-state index in [4.69, 9.17) is 31.3 Å². The summed E-state index contributed by atoms with van der Waals surface area (Å²) in [5.41, 5.74) is -0.483. The zero-order chi connectivity index (χ0) is 24.1. The van der Waals surface area contributed by atoms with E-state index in [-0.39, 0.29) is 18.2 Å². The fourth-order valence-corrected chi connectivity index (χ4v) is 8.59. The third-order valence-corrected chi connectivity index (χ3v) is 10.6. The van der Waals surface area contributed by atoms with Crippen LogP contribution in [0.15, 0.2) is 23.8 Å². The van der Waals surface area contributed by atoms with E-state index in [1.165, 1.54) is 28.3 Å². The van der Waals surface area contributed by atoms with Crippen molar-refractivity contribution in [2.75, 3.05) is 47.8 Å². The van der Waals surface area contributed by atoms with Crippen molar-refractivity contribution in [1.82, 2.24) is 0 Å². The van der Waals surface area contributed by atoms with Crippen molar-refractivity contribution in [3.05, 3.63) is 23.8 Å². The number of rotatable bonds is 17. The van der Waals surface area contributed by atoms with Crippen LogP contribution < -0.4 is 0 Å². The SMILES string of the molecule is C=CC(=O)OCC(C(C[Si](OCC)(OCC)OCC)=C(C)C(=O)O)[Si](OC)(OC)OC. The third-order valence-electron chi connectivity index (χ3n) is 4.56. The Morgan fingerprint density at radius 3 is 1.74 bits per heavy atom. The highest BCUT2D eigenvalue weighted by Gasteiger charge is 2.54. The number of carboxylic acid groups (broad SMARTS) is 1. The first-order chi connectivity index (χ1) is 14.7. The highest BCUT2D eigenvalue weighted by Crippen LogP contribution is 2.39. The van der Waals surface area contributed by atoms with E-state index in [0.29, 0.717) is 25.4 Å². The normalized spacial score (nSPS) is 14.0. The summed E-state index contributed by atoms with van der Waals surface area (Å²) in [5, 5.41) is 9.80. The van der Waals surface area contributed by atoms with Gasteiger partial charge < -0.3 is 36.4 Å². The molecule has 0 aliphatic heterocycles. The zero-order valence-corrected chi connectivity index (χ0v) is 21.5. The van der Waals surface area contributed by atoms with Gasteiger partial charge in [0.15, 0.2) is 0 Å². The quantitative estimate of drug-likeness (QED) is 0.189. The summed E-state index contributed by atoms with van der Waals surface area (Å²) >= 11 is 0. The first-order valence-corrected chi connectivity index (χ1v) is 13.7. The van der Waals surface area contributed by atoms with Gasteiger partial charge in [-0.3, -0.25) is 0 Å². The number of hydrogen-bond donors (Lipinski definition) is 1. The second kappa shape index (κ2) is 14.6. The Balaban J connectivity index is 6.70. The molecule has 31 heavy (non-hydrogen) atoms. The first-order valence-electron chi connectivity index (χ1n) is 9.95. The molecule has 0 bridgehead atoms. The molecule has 0 amide bonds. The van der Waals surface area contributed by atoms with Crippen LogP contribution in [-0.2, 0) is 40.9 Å². The lowest BCUT2D eigenvalue weighted by Gasteiger charge is -2.37. The smallest absolute Gasteiger partial charge is 0.478 e. The number of ether oxygens (including phenoxy) is 1. The maximum atomic E-state index is 12.0. The molecule has 12 heteroatoms. The second-order valence-electron chi connectivity index (χ2n) is 6.22. The second-order valence-corrected chi connectivity index (χ2v) is 11.9. The zero-order valence-electron chi connectivity index (χ0n) is 19.5. The molecule has 1 N–H and O–H groups in total. The minimum atomic E-state index is -3.54. The molecule has 0 heterocycles. The fourth-order valence-electron chi connectivity index (χ4n) is 3.14. The van der Waals surface area contributed by atoms with Gasteiger partial charge in [0.2, 0.25) is 0 Å². The largest absolute Gasteiger partial charge is 0.511 e. The van der Waals surface area contributed by atoms with E-state index in [9.17, 15) is 14.7 Å². The van der Waals surface area contributed by atoms with Crippen LogP contribution in [0.4, 0.5) is 0 Å². The van der Waals surface area contributed by atoms with E-state index in [0.717, 1.165) is 6.08 Å². The van der Waals surface area contributed by atoms with Crippen molar-refractivity contribution >= 4 is 29.5 Å². The molecule has 0 fully saturated rings. The van der Waals surface area contributed by atoms with Crippen molar-refractivity contribution in [2.24, 2.45) is 0 Å². The molecule has 0 aromatic heterocycles. The van der Waals surface area contributed by atoms with Crippen LogP contribution in [0.1, 0.15) is 27.7 Å². The van der Waals surface area contributed by atoms with Crippen LogP contribution in [-0.4, -0.2) is 82.4 Å². The van der Waals surface area contributed by atoms with Gasteiger partial charge in [-0.25, -0.2) is 9.59 Å². The standard InChI is InChI=1S/C19H36O10Si2/c1-9-18(20)26-13-17(31(23-6,24-7)25-8)16(15(5)19(21)22)14-30(27-10-2,28-11-3)29-12-4/h9,17H,1,10-14H2,2-8H3,(H,21,22). The lowest BCUT2D eigenvalue weighted by Crippen LogP contribution is -2.53. The molecule has 0 spiro atoms. The Bertz CT molecular complexity index is 594.